The van der Waals surface area contributed by atoms with Gasteiger partial charge in [-0.2, -0.15) is 17.5 Å². The summed E-state index contributed by atoms with van der Waals surface area (Å²) in [6, 6.07) is 11.8. The van der Waals surface area contributed by atoms with Gasteiger partial charge in [-0.15, -0.1) is 0 Å². The second-order valence-electron chi connectivity index (χ2n) is 9.42. The van der Waals surface area contributed by atoms with Crippen molar-refractivity contribution >= 4 is 16.0 Å². The molecule has 0 aliphatic rings. The third-order valence-electron chi connectivity index (χ3n) is 5.67. The zero-order valence-electron chi connectivity index (χ0n) is 21.0. The topological polar surface area (TPSA) is 116 Å². The predicted molar refractivity (Wildman–Crippen MR) is 132 cm³/mol. The van der Waals surface area contributed by atoms with E-state index in [0.717, 1.165) is 36.7 Å². The molecule has 8 nitrogen and oxygen atoms in total. The van der Waals surface area contributed by atoms with E-state index in [0.29, 0.717) is 12.1 Å². The Morgan fingerprint density at radius 1 is 1.14 bits per heavy atom. The number of rotatable bonds is 14. The second kappa shape index (κ2) is 12.7. The lowest BCUT2D eigenvalue weighted by Crippen LogP contribution is -2.46. The van der Waals surface area contributed by atoms with Crippen molar-refractivity contribution < 1.29 is 41.3 Å². The molecule has 0 amide bonds. The van der Waals surface area contributed by atoms with Crippen LogP contribution in [0.4, 0.5) is 13.2 Å². The molecule has 206 valence electrons. The summed E-state index contributed by atoms with van der Waals surface area (Å²) in [6.45, 7) is 2.67. The van der Waals surface area contributed by atoms with E-state index < -0.39 is 51.1 Å². The molecule has 0 aliphatic carbocycles. The van der Waals surface area contributed by atoms with Crippen LogP contribution in [-0.4, -0.2) is 67.3 Å². The summed E-state index contributed by atoms with van der Waals surface area (Å²) in [5.74, 6) is -1.98. The van der Waals surface area contributed by atoms with Gasteiger partial charge in [0.05, 0.1) is 16.6 Å². The van der Waals surface area contributed by atoms with Crippen LogP contribution >= 0.6 is 0 Å². The van der Waals surface area contributed by atoms with Crippen LogP contribution in [-0.2, 0) is 27.4 Å². The van der Waals surface area contributed by atoms with Crippen LogP contribution in [0.5, 0.6) is 5.75 Å². The highest BCUT2D eigenvalue weighted by molar-refractivity contribution is 7.89. The van der Waals surface area contributed by atoms with Crippen molar-refractivity contribution in [3.8, 4) is 5.75 Å². The lowest BCUT2D eigenvalue weighted by atomic mass is 9.95. The minimum Gasteiger partial charge on any atom is -0.482 e. The molecule has 2 aromatic carbocycles. The molecule has 2 aromatic rings. The fourth-order valence-electron chi connectivity index (χ4n) is 3.61. The van der Waals surface area contributed by atoms with Gasteiger partial charge >= 0.3 is 12.1 Å². The first-order chi connectivity index (χ1) is 17.1. The normalized spacial score (nSPS) is 13.5. The van der Waals surface area contributed by atoms with Crippen LogP contribution in [0.15, 0.2) is 53.4 Å². The fraction of sp³-hybridized carbons (Fsp3) is 0.480. The van der Waals surface area contributed by atoms with E-state index in [-0.39, 0.29) is 18.6 Å². The number of carbonyl (C=O) groups is 1. The lowest BCUT2D eigenvalue weighted by Gasteiger charge is -2.29. The smallest absolute Gasteiger partial charge is 0.416 e. The number of aliphatic hydroxyl groups is 1. The number of alkyl halides is 3. The molecule has 2 rings (SSSR count). The molecule has 0 saturated heterocycles. The number of nitrogens with one attached hydrogen (secondary N) is 1. The van der Waals surface area contributed by atoms with Gasteiger partial charge in [-0.25, -0.2) is 13.2 Å². The molecule has 1 unspecified atom stereocenters. The molecule has 0 saturated carbocycles. The lowest BCUT2D eigenvalue weighted by molar-refractivity contribution is -0.139. The fourth-order valence-corrected chi connectivity index (χ4v) is 4.88. The summed E-state index contributed by atoms with van der Waals surface area (Å²) in [6.07, 6.45) is -3.44. The minimum absolute atomic E-state index is 0.0633. The highest BCUT2D eigenvalue weighted by Crippen LogP contribution is 2.34. The van der Waals surface area contributed by atoms with E-state index in [1.165, 1.54) is 5.56 Å². The van der Waals surface area contributed by atoms with E-state index in [2.05, 4.69) is 5.32 Å². The third-order valence-corrected chi connectivity index (χ3v) is 7.47. The van der Waals surface area contributed by atoms with Crippen molar-refractivity contribution in [3.63, 3.8) is 0 Å². The molecule has 0 aliphatic heterocycles. The predicted octanol–water partition coefficient (Wildman–Crippen LogP) is 3.54. The highest BCUT2D eigenvalue weighted by Gasteiger charge is 2.34. The van der Waals surface area contributed by atoms with Crippen LogP contribution in [0, 0.1) is 0 Å². The van der Waals surface area contributed by atoms with Gasteiger partial charge in [0.15, 0.2) is 6.61 Å². The number of hydrogen-bond acceptors (Lipinski definition) is 6. The average Bonchev–Trinajstić information content (AvgIpc) is 2.81. The number of carboxylic acids is 1. The number of sulfonamides is 1. The van der Waals surface area contributed by atoms with Gasteiger partial charge < -0.3 is 20.3 Å². The monoisotopic (exact) mass is 546 g/mol. The molecule has 0 fully saturated rings. The number of aliphatic carboxylic acids is 1. The maximum Gasteiger partial charge on any atom is 0.416 e. The first kappa shape index (κ1) is 30.6. The van der Waals surface area contributed by atoms with E-state index in [4.69, 9.17) is 9.84 Å². The molecule has 37 heavy (non-hydrogen) atoms. The maximum atomic E-state index is 13.3. The largest absolute Gasteiger partial charge is 0.482 e. The van der Waals surface area contributed by atoms with Crippen molar-refractivity contribution in [2.75, 3.05) is 26.7 Å². The van der Waals surface area contributed by atoms with E-state index in [9.17, 15) is 31.5 Å². The van der Waals surface area contributed by atoms with Crippen LogP contribution in [0.3, 0.4) is 0 Å². The zero-order chi connectivity index (χ0) is 27.9. The number of carboxylic acid groups (broad SMARTS) is 1. The van der Waals surface area contributed by atoms with Gasteiger partial charge in [-0.05, 0) is 50.8 Å². The second-order valence-corrected chi connectivity index (χ2v) is 11.5. The van der Waals surface area contributed by atoms with Crippen molar-refractivity contribution in [3.05, 3.63) is 59.7 Å². The Morgan fingerprint density at radius 3 is 2.38 bits per heavy atom. The van der Waals surface area contributed by atoms with Crippen LogP contribution in [0.2, 0.25) is 0 Å². The number of likely N-dealkylation sites (N-methyl/N-ethyl adjacent to an activating group) is 1. The average molecular weight is 547 g/mol. The van der Waals surface area contributed by atoms with Crippen LogP contribution in [0.1, 0.15) is 37.8 Å². The van der Waals surface area contributed by atoms with E-state index in [1.54, 1.807) is 0 Å². The summed E-state index contributed by atoms with van der Waals surface area (Å²) >= 11 is 0. The Kier molecular flexibility index (Phi) is 10.5. The zero-order valence-corrected chi connectivity index (χ0v) is 21.8. The molecular formula is C25H33F3N2O6S. The molecular weight excluding hydrogens is 513 g/mol. The summed E-state index contributed by atoms with van der Waals surface area (Å²) in [4.78, 5) is 9.98. The number of halogens is 3. The van der Waals surface area contributed by atoms with Crippen molar-refractivity contribution in [1.82, 2.24) is 9.62 Å². The summed E-state index contributed by atoms with van der Waals surface area (Å²) in [5, 5.41) is 22.4. The number of nitrogens with zero attached hydrogens (tertiary/aromatic N) is 1. The first-order valence-corrected chi connectivity index (χ1v) is 13.0. The Hall–Kier alpha value is -2.67. The first-order valence-electron chi connectivity index (χ1n) is 11.6. The van der Waals surface area contributed by atoms with Crippen molar-refractivity contribution in [2.45, 2.75) is 55.8 Å². The number of β-amino-alcohol motifs (C(OH)–C–C–N with tert-alkyl or cyclic N) is 1. The van der Waals surface area contributed by atoms with Gasteiger partial charge in [0.2, 0.25) is 10.0 Å². The Morgan fingerprint density at radius 2 is 1.78 bits per heavy atom. The SMILES string of the molecule is CN(CC(O)CNC(C)(C)CCCc1ccccc1)S(=O)(=O)c1cc(OCC(=O)O)cc(C(F)(F)F)c1. The molecule has 0 bridgehead atoms. The Balaban J connectivity index is 2.01. The number of ether oxygens (including phenoxy) is 1. The molecule has 12 heteroatoms. The quantitative estimate of drug-likeness (QED) is 0.332. The number of benzene rings is 2. The van der Waals surface area contributed by atoms with Gasteiger partial charge in [-0.3, -0.25) is 0 Å². The molecule has 0 radical (unpaired) electrons. The highest BCUT2D eigenvalue weighted by atomic mass is 32.2. The molecule has 1 atom stereocenters. The van der Waals surface area contributed by atoms with Gasteiger partial charge in [0.1, 0.15) is 5.75 Å². The summed E-state index contributed by atoms with van der Waals surface area (Å²) < 4.78 is 71.4. The Labute approximate surface area is 215 Å². The number of hydrogen-bond donors (Lipinski definition) is 3. The van der Waals surface area contributed by atoms with E-state index in [1.807, 2.05) is 44.2 Å². The molecule has 3 N–H and O–H groups in total. The van der Waals surface area contributed by atoms with Gasteiger partial charge in [0, 0.05) is 31.7 Å². The molecule has 0 spiro atoms. The molecule has 0 heterocycles. The van der Waals surface area contributed by atoms with Gasteiger partial charge in [0.25, 0.3) is 0 Å². The summed E-state index contributed by atoms with van der Waals surface area (Å²) in [5.41, 5.74) is -0.428. The number of aliphatic hydroxyl groups excluding tert-OH is 1. The van der Waals surface area contributed by atoms with Crippen molar-refractivity contribution in [1.29, 1.82) is 0 Å². The number of aryl methyl sites for hydroxylation is 1. The Bertz CT molecular complexity index is 1140. The minimum atomic E-state index is -4.89. The maximum absolute atomic E-state index is 13.3. The third kappa shape index (κ3) is 9.95. The van der Waals surface area contributed by atoms with Gasteiger partial charge in [-0.1, -0.05) is 30.3 Å². The standard InChI is InChI=1S/C25H33F3N2O6S/c1-24(2,11-7-10-18-8-5-4-6-9-18)29-15-20(31)16-30(3)37(34,35)22-13-19(25(26,27)28)12-21(14-22)36-17-23(32)33/h4-6,8-9,12-14,20,29,31H,7,10-11,15-17H2,1-3H3,(H,32,33). The van der Waals surface area contributed by atoms with Crippen LogP contribution in [0.25, 0.3) is 0 Å². The van der Waals surface area contributed by atoms with Crippen LogP contribution < -0.4 is 10.1 Å². The van der Waals surface area contributed by atoms with E-state index >= 15 is 0 Å². The van der Waals surface area contributed by atoms with Crippen molar-refractivity contribution in [2.24, 2.45) is 0 Å². The summed E-state index contributed by atoms with van der Waals surface area (Å²) in [7, 11) is -3.32. The molecule has 0 aromatic heterocycles.